The van der Waals surface area contributed by atoms with Crippen LogP contribution in [0.1, 0.15) is 249 Å². The van der Waals surface area contributed by atoms with Gasteiger partial charge in [0.2, 0.25) is 0 Å². The van der Waals surface area contributed by atoms with Gasteiger partial charge in [-0.2, -0.15) is 0 Å². The molecule has 117 heavy (non-hydrogen) atoms. The molecule has 0 radical (unpaired) electrons. The monoisotopic (exact) mass is 1520 g/mol. The smallest absolute Gasteiger partial charge is 0.144 e. The predicted molar refractivity (Wildman–Crippen MR) is 494 cm³/mol. The fourth-order valence-corrected chi connectivity index (χ4v) is 23.2. The van der Waals surface area contributed by atoms with Crippen molar-refractivity contribution >= 4 is 71.7 Å². The third-order valence-corrected chi connectivity index (χ3v) is 28.3. The second kappa shape index (κ2) is 31.3. The average molecular weight is 1530 g/mol. The Kier molecular flexibility index (Phi) is 20.0. The number of hydrogen-bond donors (Lipinski definition) is 0. The lowest BCUT2D eigenvalue weighted by atomic mass is 9.62. The zero-order valence-corrected chi connectivity index (χ0v) is 69.0. The van der Waals surface area contributed by atoms with Crippen molar-refractivity contribution in [1.82, 2.24) is 0 Å². The van der Waals surface area contributed by atoms with Crippen LogP contribution < -0.4 is 4.90 Å². The number of nitrogens with zero attached hydrogens (tertiary/aromatic N) is 1. The molecular formula is C114H109NO2. The summed E-state index contributed by atoms with van der Waals surface area (Å²) in [5.74, 6) is 0. The van der Waals surface area contributed by atoms with Gasteiger partial charge in [-0.1, -0.05) is 387 Å². The Hall–Kier alpha value is -11.3. The molecule has 4 aliphatic carbocycles. The summed E-state index contributed by atoms with van der Waals surface area (Å²) < 4.78 is 14.6. The standard InChI is InChI=1S/C114H109NO2/c1-5-9-13-17-41-69-111(70-42-18-14-10-6-2)94-58-38-35-55-88(94)107-109(111)108-105(106-91-57-37-40-60-101(91)117-110(106)107)89-66-64-85(74-96(89)112(108,71-43-19-15-11-7-3)72-44-20-16-12-8-4)115(84-62-61-78-45-33-34-46-79(78)73-84)86-63-65-87-92-76-99-93(77-98(92)114(97(87)75-86,82-51-29-23-30-52-82)83-53-31-24-32-54-83)103-95(67-68-102-104(103)90-56-36-39-59-100(90)116-102)113(99,80-47-25-21-26-48-80)81-49-27-22-28-50-81/h21-40,45-68,73-77H,5-20,41-44,69-72H2,1-4H3. The van der Waals surface area contributed by atoms with Crippen LogP contribution in [0.3, 0.4) is 0 Å². The van der Waals surface area contributed by atoms with Gasteiger partial charge in [0.1, 0.15) is 22.3 Å². The molecule has 0 unspecified atom stereocenters. The van der Waals surface area contributed by atoms with E-state index in [1.807, 2.05) is 0 Å². The zero-order chi connectivity index (χ0) is 78.7. The zero-order valence-electron chi connectivity index (χ0n) is 69.0. The Morgan fingerprint density at radius 1 is 0.248 bits per heavy atom. The van der Waals surface area contributed by atoms with Gasteiger partial charge in [-0.3, -0.25) is 0 Å². The van der Waals surface area contributed by atoms with Crippen LogP contribution >= 0.6 is 0 Å². The highest BCUT2D eigenvalue weighted by Gasteiger charge is 2.56. The molecular weight excluding hydrogens is 1420 g/mol. The number of unbranched alkanes of at least 4 members (excludes halogenated alkanes) is 16. The van der Waals surface area contributed by atoms with Crippen molar-refractivity contribution in [3.8, 4) is 44.5 Å². The minimum atomic E-state index is -0.788. The van der Waals surface area contributed by atoms with Crippen LogP contribution in [0.4, 0.5) is 17.1 Å². The van der Waals surface area contributed by atoms with Crippen LogP contribution in [0.25, 0.3) is 99.2 Å². The summed E-state index contributed by atoms with van der Waals surface area (Å²) >= 11 is 0. The van der Waals surface area contributed by atoms with Crippen molar-refractivity contribution in [2.75, 3.05) is 4.90 Å². The lowest BCUT2D eigenvalue weighted by molar-refractivity contribution is 0.369. The number of rotatable bonds is 31. The fraction of sp³-hybridized carbons (Fsp3) is 0.281. The van der Waals surface area contributed by atoms with E-state index in [2.05, 4.69) is 330 Å². The summed E-state index contributed by atoms with van der Waals surface area (Å²) in [5, 5.41) is 7.29. The summed E-state index contributed by atoms with van der Waals surface area (Å²) in [6.07, 6.45) is 29.3. The minimum absolute atomic E-state index is 0.195. The van der Waals surface area contributed by atoms with E-state index in [1.54, 1.807) is 16.7 Å². The number of furan rings is 2. The van der Waals surface area contributed by atoms with Gasteiger partial charge in [0.25, 0.3) is 0 Å². The normalized spacial score (nSPS) is 14.6. The summed E-state index contributed by atoms with van der Waals surface area (Å²) in [5.41, 5.74) is 32.3. The maximum Gasteiger partial charge on any atom is 0.144 e. The van der Waals surface area contributed by atoms with Crippen molar-refractivity contribution in [2.24, 2.45) is 0 Å². The molecule has 0 spiro atoms. The highest BCUT2D eigenvalue weighted by atomic mass is 16.3. The van der Waals surface area contributed by atoms with E-state index in [9.17, 15) is 0 Å². The lowest BCUT2D eigenvalue weighted by Crippen LogP contribution is -2.33. The van der Waals surface area contributed by atoms with Crippen molar-refractivity contribution in [2.45, 2.75) is 203 Å². The van der Waals surface area contributed by atoms with Crippen molar-refractivity contribution < 1.29 is 8.83 Å². The van der Waals surface area contributed by atoms with Gasteiger partial charge in [-0.05, 0) is 209 Å². The van der Waals surface area contributed by atoms with Gasteiger partial charge >= 0.3 is 0 Å². The molecule has 582 valence electrons. The van der Waals surface area contributed by atoms with Gasteiger partial charge in [0, 0.05) is 55.0 Å². The summed E-state index contributed by atoms with van der Waals surface area (Å²) in [4.78, 5) is 2.68. The Bertz CT molecular complexity index is 6240. The topological polar surface area (TPSA) is 29.5 Å². The first-order chi connectivity index (χ1) is 57.9. The summed E-state index contributed by atoms with van der Waals surface area (Å²) in [6.45, 7) is 9.50. The number of hydrogen-bond acceptors (Lipinski definition) is 3. The first kappa shape index (κ1) is 74.6. The molecule has 0 amide bonds. The lowest BCUT2D eigenvalue weighted by Gasteiger charge is -2.40. The molecule has 3 nitrogen and oxygen atoms in total. The largest absolute Gasteiger partial charge is 0.456 e. The average Bonchev–Trinajstić information content (AvgIpc) is 1.50. The van der Waals surface area contributed by atoms with Crippen molar-refractivity contribution in [1.29, 1.82) is 0 Å². The Morgan fingerprint density at radius 3 is 1.23 bits per heavy atom. The summed E-state index contributed by atoms with van der Waals surface area (Å²) in [7, 11) is 0. The molecule has 2 heterocycles. The summed E-state index contributed by atoms with van der Waals surface area (Å²) in [6, 6.07) is 115. The first-order valence-corrected chi connectivity index (χ1v) is 45.0. The number of anilines is 3. The molecule has 2 aromatic heterocycles. The number of para-hydroxylation sites is 2. The third-order valence-electron chi connectivity index (χ3n) is 28.3. The van der Waals surface area contributed by atoms with E-state index in [1.165, 1.54) is 250 Å². The predicted octanol–water partition coefficient (Wildman–Crippen LogP) is 32.8. The molecule has 0 saturated carbocycles. The molecule has 0 N–H and O–H groups in total. The molecule has 0 fully saturated rings. The quantitative estimate of drug-likeness (QED) is 0.0406. The number of fused-ring (bicyclic) bond motifs is 23. The Labute approximate surface area is 692 Å². The second-order valence-electron chi connectivity index (χ2n) is 34.9. The maximum absolute atomic E-state index is 7.68. The highest BCUT2D eigenvalue weighted by Crippen LogP contribution is 2.69. The molecule has 0 atom stereocenters. The molecule has 4 aliphatic rings. The SMILES string of the molecule is CCCCCCCC1(CCCCCCC)c2ccccc2-c2c1c1c(c3c2oc2ccccc23)-c2ccc(N(c3ccc4c(c3)C(c3ccccc3)(c3ccccc3)c3cc5c(cc3-4)C(c3ccccc3)(c3ccccc3)c3ccc4oc6ccccc6c4c3-5)c3ccc4ccccc4c3)cc2C1(CCCCCCC)CCCCCCC. The molecule has 0 saturated heterocycles. The van der Waals surface area contributed by atoms with Crippen LogP contribution in [-0.2, 0) is 21.7 Å². The van der Waals surface area contributed by atoms with Crippen LogP contribution in [-0.4, -0.2) is 0 Å². The van der Waals surface area contributed by atoms with Crippen LogP contribution in [0.5, 0.6) is 0 Å². The second-order valence-corrected chi connectivity index (χ2v) is 34.9. The van der Waals surface area contributed by atoms with Gasteiger partial charge in [-0.25, -0.2) is 0 Å². The van der Waals surface area contributed by atoms with Crippen molar-refractivity contribution in [3.05, 3.63) is 364 Å². The molecule has 14 aromatic carbocycles. The van der Waals surface area contributed by atoms with E-state index in [4.69, 9.17) is 8.83 Å². The Morgan fingerprint density at radius 2 is 0.658 bits per heavy atom. The minimum Gasteiger partial charge on any atom is -0.456 e. The first-order valence-electron chi connectivity index (χ1n) is 45.0. The molecule has 16 aromatic rings. The van der Waals surface area contributed by atoms with Gasteiger partial charge in [0.05, 0.1) is 10.8 Å². The van der Waals surface area contributed by atoms with Crippen LogP contribution in [0.15, 0.2) is 306 Å². The van der Waals surface area contributed by atoms with E-state index >= 15 is 0 Å². The van der Waals surface area contributed by atoms with E-state index in [0.29, 0.717) is 0 Å². The molecule has 20 rings (SSSR count). The van der Waals surface area contributed by atoms with Gasteiger partial charge < -0.3 is 13.7 Å². The van der Waals surface area contributed by atoms with Gasteiger partial charge in [-0.15, -0.1) is 0 Å². The van der Waals surface area contributed by atoms with Crippen LogP contribution in [0, 0.1) is 0 Å². The van der Waals surface area contributed by atoms with Crippen LogP contribution in [0.2, 0.25) is 0 Å². The fourth-order valence-electron chi connectivity index (χ4n) is 23.2. The third kappa shape index (κ3) is 11.9. The molecule has 3 heteroatoms. The highest BCUT2D eigenvalue weighted by molar-refractivity contribution is 6.21. The molecule has 0 bridgehead atoms. The van der Waals surface area contributed by atoms with Gasteiger partial charge in [0.15, 0.2) is 0 Å². The van der Waals surface area contributed by atoms with Crippen molar-refractivity contribution in [3.63, 3.8) is 0 Å². The molecule has 0 aliphatic heterocycles. The maximum atomic E-state index is 7.68. The van der Waals surface area contributed by atoms with E-state index < -0.39 is 10.8 Å². The van der Waals surface area contributed by atoms with E-state index in [-0.39, 0.29) is 10.8 Å². The number of benzene rings is 14. The Balaban J connectivity index is 0.866. The van der Waals surface area contributed by atoms with E-state index in [0.717, 1.165) is 70.2 Å².